The predicted molar refractivity (Wildman–Crippen MR) is 66.5 cm³/mol. The van der Waals surface area contributed by atoms with Gasteiger partial charge in [-0.3, -0.25) is 0 Å². The van der Waals surface area contributed by atoms with Crippen LogP contribution in [0.1, 0.15) is 24.4 Å². The van der Waals surface area contributed by atoms with Crippen LogP contribution in [0.5, 0.6) is 0 Å². The molecular formula is C14H14F2N2. The first-order valence-corrected chi connectivity index (χ1v) is 6.10. The van der Waals surface area contributed by atoms with Gasteiger partial charge in [-0.05, 0) is 43.2 Å². The van der Waals surface area contributed by atoms with Crippen molar-refractivity contribution in [1.29, 1.82) is 0 Å². The smallest absolute Gasteiger partial charge is 0.128 e. The molecule has 0 saturated carbocycles. The van der Waals surface area contributed by atoms with Gasteiger partial charge in [-0.2, -0.15) is 0 Å². The van der Waals surface area contributed by atoms with Gasteiger partial charge in [0.15, 0.2) is 0 Å². The van der Waals surface area contributed by atoms with Crippen LogP contribution in [0.15, 0.2) is 36.5 Å². The van der Waals surface area contributed by atoms with Crippen LogP contribution in [0.25, 0.3) is 0 Å². The molecule has 0 unspecified atom stereocenters. The highest BCUT2D eigenvalue weighted by molar-refractivity contribution is 5.44. The molecule has 2 heterocycles. The zero-order valence-electron chi connectivity index (χ0n) is 9.87. The van der Waals surface area contributed by atoms with Crippen LogP contribution >= 0.6 is 0 Å². The van der Waals surface area contributed by atoms with Gasteiger partial charge in [0.1, 0.15) is 17.5 Å². The summed E-state index contributed by atoms with van der Waals surface area (Å²) in [7, 11) is 0. The van der Waals surface area contributed by atoms with Gasteiger partial charge in [0, 0.05) is 18.3 Å². The van der Waals surface area contributed by atoms with Gasteiger partial charge in [-0.25, -0.2) is 8.78 Å². The van der Waals surface area contributed by atoms with Crippen LogP contribution in [0.4, 0.5) is 14.6 Å². The van der Waals surface area contributed by atoms with E-state index >= 15 is 0 Å². The molecule has 4 heteroatoms. The largest absolute Gasteiger partial charge is 0.351 e. The first kappa shape index (κ1) is 11.3. The highest BCUT2D eigenvalue weighted by atomic mass is 19.1. The Hall–Kier alpha value is -1.84. The van der Waals surface area contributed by atoms with Gasteiger partial charge < -0.3 is 9.88 Å². The Kier molecular flexibility index (Phi) is 2.78. The standard InChI is InChI=1S/C14H14F2N2/c15-10-5-6-12(16)11(9-10)13-3-2-8-18(13)14-4-1-7-17-14/h1,4-7,9,13,17H,2-3,8H2/t13-/m1/s1. The number of hydrogen-bond donors (Lipinski definition) is 1. The van der Waals surface area contributed by atoms with Crippen molar-refractivity contribution in [3.63, 3.8) is 0 Å². The minimum Gasteiger partial charge on any atom is -0.351 e. The third kappa shape index (κ3) is 1.88. The lowest BCUT2D eigenvalue weighted by Gasteiger charge is -2.26. The lowest BCUT2D eigenvalue weighted by atomic mass is 10.0. The molecule has 94 valence electrons. The van der Waals surface area contributed by atoms with Crippen LogP contribution in [0.2, 0.25) is 0 Å². The second kappa shape index (κ2) is 4.44. The van der Waals surface area contributed by atoms with Crippen molar-refractivity contribution in [3.8, 4) is 0 Å². The van der Waals surface area contributed by atoms with Gasteiger partial charge in [-0.1, -0.05) is 0 Å². The number of anilines is 1. The Labute approximate surface area is 104 Å². The van der Waals surface area contributed by atoms with Gasteiger partial charge in [0.25, 0.3) is 0 Å². The average Bonchev–Trinajstić information content (AvgIpc) is 3.00. The summed E-state index contributed by atoms with van der Waals surface area (Å²) in [6.07, 6.45) is 3.67. The lowest BCUT2D eigenvalue weighted by Crippen LogP contribution is -2.23. The number of nitrogens with zero attached hydrogens (tertiary/aromatic N) is 1. The van der Waals surface area contributed by atoms with Crippen LogP contribution in [-0.4, -0.2) is 11.5 Å². The Morgan fingerprint density at radius 1 is 1.22 bits per heavy atom. The fourth-order valence-electron chi connectivity index (χ4n) is 2.65. The molecule has 0 radical (unpaired) electrons. The predicted octanol–water partition coefficient (Wildman–Crippen LogP) is 3.63. The van der Waals surface area contributed by atoms with Crippen LogP contribution in [-0.2, 0) is 0 Å². The molecule has 1 atom stereocenters. The Balaban J connectivity index is 1.97. The summed E-state index contributed by atoms with van der Waals surface area (Å²) < 4.78 is 27.1. The van der Waals surface area contributed by atoms with Crippen molar-refractivity contribution in [3.05, 3.63) is 53.7 Å². The number of aromatic nitrogens is 1. The van der Waals surface area contributed by atoms with Gasteiger partial charge in [-0.15, -0.1) is 0 Å². The minimum absolute atomic E-state index is 0.0839. The molecule has 1 aliphatic rings. The van der Waals surface area contributed by atoms with E-state index in [0.717, 1.165) is 31.3 Å². The molecule has 1 aromatic heterocycles. The van der Waals surface area contributed by atoms with Crippen molar-refractivity contribution in [2.45, 2.75) is 18.9 Å². The molecule has 2 aromatic rings. The Morgan fingerprint density at radius 3 is 2.89 bits per heavy atom. The summed E-state index contributed by atoms with van der Waals surface area (Å²) in [4.78, 5) is 5.22. The normalized spacial score (nSPS) is 19.4. The van der Waals surface area contributed by atoms with E-state index in [2.05, 4.69) is 9.88 Å². The quantitative estimate of drug-likeness (QED) is 0.859. The highest BCUT2D eigenvalue weighted by Gasteiger charge is 2.29. The number of aromatic amines is 1. The number of H-pyrrole nitrogens is 1. The molecule has 1 aromatic carbocycles. The Bertz CT molecular complexity index is 537. The second-order valence-electron chi connectivity index (χ2n) is 4.57. The first-order valence-electron chi connectivity index (χ1n) is 6.10. The van der Waals surface area contributed by atoms with E-state index in [9.17, 15) is 8.78 Å². The van der Waals surface area contributed by atoms with Crippen molar-refractivity contribution >= 4 is 5.82 Å². The van der Waals surface area contributed by atoms with Gasteiger partial charge >= 0.3 is 0 Å². The molecular weight excluding hydrogens is 234 g/mol. The summed E-state index contributed by atoms with van der Waals surface area (Å²) in [5.74, 6) is 0.241. The topological polar surface area (TPSA) is 19.0 Å². The number of halogens is 2. The molecule has 0 aliphatic carbocycles. The maximum atomic E-state index is 13.8. The monoisotopic (exact) mass is 248 g/mol. The zero-order valence-corrected chi connectivity index (χ0v) is 9.87. The third-order valence-corrected chi connectivity index (χ3v) is 3.46. The fourth-order valence-corrected chi connectivity index (χ4v) is 2.65. The number of benzene rings is 1. The van der Waals surface area contributed by atoms with Crippen molar-refractivity contribution in [1.82, 2.24) is 4.98 Å². The summed E-state index contributed by atoms with van der Waals surface area (Å²) in [5, 5.41) is 0. The van der Waals surface area contributed by atoms with Crippen LogP contribution in [0.3, 0.4) is 0 Å². The van der Waals surface area contributed by atoms with E-state index in [0.29, 0.717) is 5.56 Å². The number of hydrogen-bond acceptors (Lipinski definition) is 1. The van der Waals surface area contributed by atoms with Crippen LogP contribution < -0.4 is 4.90 Å². The minimum atomic E-state index is -0.385. The second-order valence-corrected chi connectivity index (χ2v) is 4.57. The van der Waals surface area contributed by atoms with E-state index in [-0.39, 0.29) is 17.7 Å². The molecule has 1 aliphatic heterocycles. The summed E-state index contributed by atoms with van der Waals surface area (Å²) in [6, 6.07) is 7.45. The molecule has 1 N–H and O–H groups in total. The van der Waals surface area contributed by atoms with Gasteiger partial charge in [0.2, 0.25) is 0 Å². The maximum absolute atomic E-state index is 13.8. The van der Waals surface area contributed by atoms with Crippen molar-refractivity contribution < 1.29 is 8.78 Å². The lowest BCUT2D eigenvalue weighted by molar-refractivity contribution is 0.560. The highest BCUT2D eigenvalue weighted by Crippen LogP contribution is 2.36. The summed E-state index contributed by atoms with van der Waals surface area (Å²) in [6.45, 7) is 0.862. The molecule has 0 bridgehead atoms. The summed E-state index contributed by atoms with van der Waals surface area (Å²) in [5.41, 5.74) is 0.446. The van der Waals surface area contributed by atoms with Crippen molar-refractivity contribution in [2.24, 2.45) is 0 Å². The Morgan fingerprint density at radius 2 is 2.11 bits per heavy atom. The third-order valence-electron chi connectivity index (χ3n) is 3.46. The molecule has 0 amide bonds. The SMILES string of the molecule is Fc1ccc(F)c([C@H]2CCCN2c2ccc[nH]2)c1. The van der Waals surface area contributed by atoms with E-state index in [4.69, 9.17) is 0 Å². The average molecular weight is 248 g/mol. The number of nitrogens with one attached hydrogen (secondary N) is 1. The molecule has 18 heavy (non-hydrogen) atoms. The van der Waals surface area contributed by atoms with E-state index in [1.54, 1.807) is 0 Å². The zero-order chi connectivity index (χ0) is 12.5. The number of rotatable bonds is 2. The molecule has 1 saturated heterocycles. The van der Waals surface area contributed by atoms with Crippen LogP contribution in [0, 0.1) is 11.6 Å². The molecule has 2 nitrogen and oxygen atoms in total. The van der Waals surface area contributed by atoms with Gasteiger partial charge in [0.05, 0.1) is 6.04 Å². The summed E-state index contributed by atoms with van der Waals surface area (Å²) >= 11 is 0. The van der Waals surface area contributed by atoms with E-state index in [1.807, 2.05) is 18.3 Å². The van der Waals surface area contributed by atoms with E-state index in [1.165, 1.54) is 12.1 Å². The fraction of sp³-hybridized carbons (Fsp3) is 0.286. The maximum Gasteiger partial charge on any atom is 0.128 e. The molecule has 3 rings (SSSR count). The van der Waals surface area contributed by atoms with E-state index < -0.39 is 0 Å². The van der Waals surface area contributed by atoms with Crippen molar-refractivity contribution in [2.75, 3.05) is 11.4 Å². The first-order chi connectivity index (χ1) is 8.75. The molecule has 1 fully saturated rings. The molecule has 0 spiro atoms.